The summed E-state index contributed by atoms with van der Waals surface area (Å²) < 4.78 is 5.23. The fourth-order valence-corrected chi connectivity index (χ4v) is 1.99. The molecular weight excluding hydrogens is 252 g/mol. The average molecular weight is 270 g/mol. The largest absolute Gasteiger partial charge is 0.496 e. The number of anilines is 1. The van der Waals surface area contributed by atoms with Crippen LogP contribution in [0.25, 0.3) is 0 Å². The van der Waals surface area contributed by atoms with Gasteiger partial charge < -0.3 is 15.8 Å². The van der Waals surface area contributed by atoms with Crippen molar-refractivity contribution in [3.8, 4) is 5.75 Å². The van der Waals surface area contributed by atoms with E-state index in [1.165, 1.54) is 0 Å². The molecule has 104 valence electrons. The standard InChI is InChI=1S/C16H18N2O2/c1-20-15-8-3-2-6-13(15)10-16(19)18-11-12-5-4-7-14(17)9-12/h2-9H,10-11,17H2,1H3,(H,18,19). The van der Waals surface area contributed by atoms with Gasteiger partial charge in [0.15, 0.2) is 0 Å². The molecule has 0 aliphatic heterocycles. The predicted molar refractivity (Wildman–Crippen MR) is 79.4 cm³/mol. The van der Waals surface area contributed by atoms with Crippen molar-refractivity contribution >= 4 is 11.6 Å². The summed E-state index contributed by atoms with van der Waals surface area (Å²) in [5, 5.41) is 2.88. The minimum Gasteiger partial charge on any atom is -0.496 e. The lowest BCUT2D eigenvalue weighted by molar-refractivity contribution is -0.120. The smallest absolute Gasteiger partial charge is 0.224 e. The lowest BCUT2D eigenvalue weighted by atomic mass is 10.1. The summed E-state index contributed by atoms with van der Waals surface area (Å²) in [7, 11) is 1.60. The number of nitrogen functional groups attached to an aromatic ring is 1. The number of carbonyl (C=O) groups is 1. The van der Waals surface area contributed by atoms with Crippen molar-refractivity contribution in [1.29, 1.82) is 0 Å². The zero-order valence-corrected chi connectivity index (χ0v) is 11.4. The molecule has 0 heterocycles. The Morgan fingerprint density at radius 1 is 1.20 bits per heavy atom. The van der Waals surface area contributed by atoms with Crippen LogP contribution in [-0.2, 0) is 17.8 Å². The number of nitrogens with two attached hydrogens (primary N) is 1. The summed E-state index contributed by atoms with van der Waals surface area (Å²) in [4.78, 5) is 11.9. The molecule has 1 amide bonds. The van der Waals surface area contributed by atoms with Crippen molar-refractivity contribution in [1.82, 2.24) is 5.32 Å². The number of benzene rings is 2. The molecule has 3 N–H and O–H groups in total. The van der Waals surface area contributed by atoms with Crippen LogP contribution in [0.3, 0.4) is 0 Å². The van der Waals surface area contributed by atoms with E-state index in [4.69, 9.17) is 10.5 Å². The maximum atomic E-state index is 11.9. The number of ether oxygens (including phenoxy) is 1. The van der Waals surface area contributed by atoms with Crippen LogP contribution < -0.4 is 15.8 Å². The van der Waals surface area contributed by atoms with Crippen LogP contribution >= 0.6 is 0 Å². The Labute approximate surface area is 118 Å². The third kappa shape index (κ3) is 3.75. The third-order valence-corrected chi connectivity index (χ3v) is 2.98. The molecule has 4 heteroatoms. The van der Waals surface area contributed by atoms with Crippen LogP contribution in [0.5, 0.6) is 5.75 Å². The first-order valence-corrected chi connectivity index (χ1v) is 6.42. The van der Waals surface area contributed by atoms with Crippen LogP contribution in [0.2, 0.25) is 0 Å². The summed E-state index contributed by atoms with van der Waals surface area (Å²) in [6.45, 7) is 0.471. The van der Waals surface area contributed by atoms with Crippen LogP contribution in [0, 0.1) is 0 Å². The summed E-state index contributed by atoms with van der Waals surface area (Å²) in [5.41, 5.74) is 8.25. The topological polar surface area (TPSA) is 64.3 Å². The van der Waals surface area contributed by atoms with E-state index in [2.05, 4.69) is 5.32 Å². The second kappa shape index (κ2) is 6.61. The highest BCUT2D eigenvalue weighted by Crippen LogP contribution is 2.17. The Bertz CT molecular complexity index is 597. The van der Waals surface area contributed by atoms with E-state index >= 15 is 0 Å². The van der Waals surface area contributed by atoms with Gasteiger partial charge in [0.05, 0.1) is 13.5 Å². The Balaban J connectivity index is 1.93. The number of hydrogen-bond acceptors (Lipinski definition) is 3. The number of para-hydroxylation sites is 1. The van der Waals surface area contributed by atoms with E-state index in [1.807, 2.05) is 48.5 Å². The van der Waals surface area contributed by atoms with Gasteiger partial charge in [-0.2, -0.15) is 0 Å². The van der Waals surface area contributed by atoms with E-state index in [0.717, 1.165) is 16.9 Å². The highest BCUT2D eigenvalue weighted by molar-refractivity contribution is 5.79. The van der Waals surface area contributed by atoms with Crippen LogP contribution in [0.4, 0.5) is 5.69 Å². The predicted octanol–water partition coefficient (Wildman–Crippen LogP) is 2.14. The summed E-state index contributed by atoms with van der Waals surface area (Å²) in [6, 6.07) is 15.0. The van der Waals surface area contributed by atoms with Crippen molar-refractivity contribution in [2.75, 3.05) is 12.8 Å². The van der Waals surface area contributed by atoms with Gasteiger partial charge in [0, 0.05) is 17.8 Å². The SMILES string of the molecule is COc1ccccc1CC(=O)NCc1cccc(N)c1. The monoisotopic (exact) mass is 270 g/mol. The molecule has 0 aliphatic rings. The first kappa shape index (κ1) is 13.9. The molecule has 2 aromatic rings. The summed E-state index contributed by atoms with van der Waals surface area (Å²) in [5.74, 6) is 0.684. The molecule has 0 bridgehead atoms. The molecule has 0 saturated heterocycles. The molecule has 0 unspecified atom stereocenters. The molecule has 2 aromatic carbocycles. The highest BCUT2D eigenvalue weighted by Gasteiger charge is 2.07. The first-order valence-electron chi connectivity index (χ1n) is 6.42. The highest BCUT2D eigenvalue weighted by atomic mass is 16.5. The van der Waals surface area contributed by atoms with E-state index < -0.39 is 0 Å². The maximum absolute atomic E-state index is 11.9. The van der Waals surface area contributed by atoms with Crippen molar-refractivity contribution in [2.45, 2.75) is 13.0 Å². The molecule has 0 fully saturated rings. The van der Waals surface area contributed by atoms with Crippen LogP contribution in [0.15, 0.2) is 48.5 Å². The van der Waals surface area contributed by atoms with Gasteiger partial charge >= 0.3 is 0 Å². The van der Waals surface area contributed by atoms with E-state index in [-0.39, 0.29) is 5.91 Å². The number of carbonyl (C=O) groups excluding carboxylic acids is 1. The Morgan fingerprint density at radius 2 is 2.00 bits per heavy atom. The Morgan fingerprint density at radius 3 is 2.75 bits per heavy atom. The van der Waals surface area contributed by atoms with Crippen molar-refractivity contribution in [3.05, 3.63) is 59.7 Å². The zero-order valence-electron chi connectivity index (χ0n) is 11.4. The molecule has 20 heavy (non-hydrogen) atoms. The van der Waals surface area contributed by atoms with Gasteiger partial charge in [-0.05, 0) is 23.8 Å². The lowest BCUT2D eigenvalue weighted by Gasteiger charge is -2.09. The Hall–Kier alpha value is -2.49. The van der Waals surface area contributed by atoms with Gasteiger partial charge in [0.2, 0.25) is 5.91 Å². The number of methoxy groups -OCH3 is 1. The molecule has 0 aliphatic carbocycles. The summed E-state index contributed by atoms with van der Waals surface area (Å²) >= 11 is 0. The van der Waals surface area contributed by atoms with Crippen molar-refractivity contribution < 1.29 is 9.53 Å². The minimum atomic E-state index is -0.0445. The molecule has 0 spiro atoms. The van der Waals surface area contributed by atoms with Crippen molar-refractivity contribution in [2.24, 2.45) is 0 Å². The molecule has 0 atom stereocenters. The number of amides is 1. The molecule has 4 nitrogen and oxygen atoms in total. The second-order valence-corrected chi connectivity index (χ2v) is 4.51. The Kier molecular flexibility index (Phi) is 4.60. The van der Waals surface area contributed by atoms with Gasteiger partial charge in [-0.15, -0.1) is 0 Å². The molecular formula is C16H18N2O2. The van der Waals surface area contributed by atoms with Crippen LogP contribution in [-0.4, -0.2) is 13.0 Å². The summed E-state index contributed by atoms with van der Waals surface area (Å²) in [6.07, 6.45) is 0.298. The van der Waals surface area contributed by atoms with Crippen LogP contribution in [0.1, 0.15) is 11.1 Å². The molecule has 0 aromatic heterocycles. The number of nitrogens with one attached hydrogen (secondary N) is 1. The van der Waals surface area contributed by atoms with E-state index in [9.17, 15) is 4.79 Å². The number of rotatable bonds is 5. The zero-order chi connectivity index (χ0) is 14.4. The molecule has 0 radical (unpaired) electrons. The molecule has 0 saturated carbocycles. The minimum absolute atomic E-state index is 0.0445. The maximum Gasteiger partial charge on any atom is 0.224 e. The van der Waals surface area contributed by atoms with E-state index in [1.54, 1.807) is 7.11 Å². The van der Waals surface area contributed by atoms with E-state index in [0.29, 0.717) is 18.7 Å². The first-order chi connectivity index (χ1) is 9.69. The average Bonchev–Trinajstić information content (AvgIpc) is 2.46. The van der Waals surface area contributed by atoms with Gasteiger partial charge in [0.25, 0.3) is 0 Å². The number of hydrogen-bond donors (Lipinski definition) is 2. The second-order valence-electron chi connectivity index (χ2n) is 4.51. The van der Waals surface area contributed by atoms with Gasteiger partial charge in [-0.1, -0.05) is 30.3 Å². The van der Waals surface area contributed by atoms with Gasteiger partial charge in [0.1, 0.15) is 5.75 Å². The third-order valence-electron chi connectivity index (χ3n) is 2.98. The normalized spacial score (nSPS) is 10.1. The van der Waals surface area contributed by atoms with Gasteiger partial charge in [-0.25, -0.2) is 0 Å². The lowest BCUT2D eigenvalue weighted by Crippen LogP contribution is -2.24. The molecule has 2 rings (SSSR count). The fraction of sp³-hybridized carbons (Fsp3) is 0.188. The fourth-order valence-electron chi connectivity index (χ4n) is 1.99. The van der Waals surface area contributed by atoms with Crippen molar-refractivity contribution in [3.63, 3.8) is 0 Å². The quantitative estimate of drug-likeness (QED) is 0.818. The van der Waals surface area contributed by atoms with Gasteiger partial charge in [-0.3, -0.25) is 4.79 Å².